The minimum atomic E-state index is -4.54. The molecule has 0 spiro atoms. The molecule has 7 nitrogen and oxygen atoms in total. The molecule has 0 fully saturated rings. The van der Waals surface area contributed by atoms with Crippen LogP contribution in [0.2, 0.25) is 0 Å². The first kappa shape index (κ1) is 23.6. The van der Waals surface area contributed by atoms with Gasteiger partial charge in [0.25, 0.3) is 0 Å². The summed E-state index contributed by atoms with van der Waals surface area (Å²) in [6, 6.07) is 2.96. The van der Waals surface area contributed by atoms with Crippen LogP contribution in [-0.4, -0.2) is 40.3 Å². The van der Waals surface area contributed by atoms with Gasteiger partial charge in [0, 0.05) is 16.2 Å². The predicted molar refractivity (Wildman–Crippen MR) is 110 cm³/mol. The van der Waals surface area contributed by atoms with E-state index < -0.39 is 41.3 Å². The molecule has 0 radical (unpaired) electrons. The number of esters is 1. The van der Waals surface area contributed by atoms with Crippen LogP contribution in [0.3, 0.4) is 0 Å². The maximum absolute atomic E-state index is 12.8. The SMILES string of the molecule is CC(=O)c1c(C)[nH]c(C(=O)COC(=O)C[C@@H]2Sc3ccc(C(F)(F)F)cc3NC2=O)c1C. The fraction of sp³-hybridized carbons (Fsp3) is 0.333. The second-order valence-electron chi connectivity index (χ2n) is 7.27. The van der Waals surface area contributed by atoms with Gasteiger partial charge in [-0.15, -0.1) is 11.8 Å². The maximum atomic E-state index is 12.8. The van der Waals surface area contributed by atoms with Crippen LogP contribution in [0.4, 0.5) is 18.9 Å². The molecule has 1 amide bonds. The minimum Gasteiger partial charge on any atom is -0.457 e. The summed E-state index contributed by atoms with van der Waals surface area (Å²) in [5.41, 5.74) is 0.701. The summed E-state index contributed by atoms with van der Waals surface area (Å²) in [7, 11) is 0. The Morgan fingerprint density at radius 2 is 1.88 bits per heavy atom. The Hall–Kier alpha value is -3.08. The summed E-state index contributed by atoms with van der Waals surface area (Å²) >= 11 is 0.946. The average molecular weight is 468 g/mol. The third-order valence-electron chi connectivity index (χ3n) is 4.91. The van der Waals surface area contributed by atoms with Gasteiger partial charge in [0.2, 0.25) is 11.7 Å². The third-order valence-corrected chi connectivity index (χ3v) is 6.19. The molecule has 11 heteroatoms. The molecule has 2 aromatic rings. The standard InChI is InChI=1S/C21H19F3N2O5S/c1-9-18(11(3)27)10(2)25-19(9)14(28)8-31-17(29)7-16-20(30)26-13-6-12(21(22,23)24)4-5-15(13)32-16/h4-6,16,25H,7-8H2,1-3H3,(H,26,30)/t16-/m0/s1. The molecule has 0 unspecified atom stereocenters. The second-order valence-corrected chi connectivity index (χ2v) is 8.52. The van der Waals surface area contributed by atoms with E-state index in [9.17, 15) is 32.3 Å². The number of ether oxygens (including phenoxy) is 1. The largest absolute Gasteiger partial charge is 0.457 e. The molecular weight excluding hydrogens is 449 g/mol. The number of aryl methyl sites for hydroxylation is 1. The van der Waals surface area contributed by atoms with Crippen LogP contribution in [0.15, 0.2) is 23.1 Å². The second kappa shape index (κ2) is 8.81. The molecule has 3 rings (SSSR count). The molecule has 1 aromatic carbocycles. The molecular formula is C21H19F3N2O5S. The zero-order valence-electron chi connectivity index (χ0n) is 17.3. The van der Waals surface area contributed by atoms with E-state index in [4.69, 9.17) is 4.74 Å². The van der Waals surface area contributed by atoms with E-state index in [0.717, 1.165) is 23.9 Å². The zero-order chi connectivity index (χ0) is 23.8. The number of anilines is 1. The van der Waals surface area contributed by atoms with E-state index in [1.165, 1.54) is 13.0 Å². The topological polar surface area (TPSA) is 105 Å². The van der Waals surface area contributed by atoms with Crippen LogP contribution in [0.25, 0.3) is 0 Å². The quantitative estimate of drug-likeness (QED) is 0.489. The molecule has 32 heavy (non-hydrogen) atoms. The molecule has 0 saturated heterocycles. The molecule has 170 valence electrons. The van der Waals surface area contributed by atoms with Gasteiger partial charge in [0.1, 0.15) is 0 Å². The maximum Gasteiger partial charge on any atom is 0.416 e. The molecule has 1 atom stereocenters. The van der Waals surface area contributed by atoms with E-state index in [1.807, 2.05) is 0 Å². The monoisotopic (exact) mass is 468 g/mol. The van der Waals surface area contributed by atoms with Gasteiger partial charge < -0.3 is 15.0 Å². The van der Waals surface area contributed by atoms with E-state index >= 15 is 0 Å². The highest BCUT2D eigenvalue weighted by Crippen LogP contribution is 2.40. The molecule has 1 aliphatic rings. The van der Waals surface area contributed by atoms with E-state index in [-0.39, 0.29) is 23.6 Å². The highest BCUT2D eigenvalue weighted by atomic mass is 32.2. The van der Waals surface area contributed by atoms with Gasteiger partial charge in [-0.25, -0.2) is 0 Å². The number of H-pyrrole nitrogens is 1. The Morgan fingerprint density at radius 1 is 1.19 bits per heavy atom. The highest BCUT2D eigenvalue weighted by molar-refractivity contribution is 8.01. The first-order chi connectivity index (χ1) is 14.9. The number of amides is 1. The zero-order valence-corrected chi connectivity index (χ0v) is 18.1. The Labute approximate surface area is 185 Å². The van der Waals surface area contributed by atoms with Gasteiger partial charge in [-0.3, -0.25) is 19.2 Å². The van der Waals surface area contributed by atoms with Gasteiger partial charge >= 0.3 is 12.1 Å². The van der Waals surface area contributed by atoms with Gasteiger partial charge in [-0.1, -0.05) is 0 Å². The van der Waals surface area contributed by atoms with Gasteiger partial charge in [-0.05, 0) is 44.5 Å². The van der Waals surface area contributed by atoms with Crippen molar-refractivity contribution in [3.63, 3.8) is 0 Å². The summed E-state index contributed by atoms with van der Waals surface area (Å²) in [5, 5.41) is 1.46. The van der Waals surface area contributed by atoms with Crippen molar-refractivity contribution in [2.75, 3.05) is 11.9 Å². The number of Topliss-reactive ketones (excluding diaryl/α,β-unsaturated/α-hetero) is 2. The lowest BCUT2D eigenvalue weighted by Gasteiger charge is -2.24. The van der Waals surface area contributed by atoms with E-state index in [1.54, 1.807) is 13.8 Å². The van der Waals surface area contributed by atoms with E-state index in [0.29, 0.717) is 21.7 Å². The number of fused-ring (bicyclic) bond motifs is 1. The van der Waals surface area contributed by atoms with Crippen molar-refractivity contribution in [2.24, 2.45) is 0 Å². The van der Waals surface area contributed by atoms with Crippen molar-refractivity contribution in [3.8, 4) is 0 Å². The molecule has 0 bridgehead atoms. The van der Waals surface area contributed by atoms with Crippen molar-refractivity contribution in [1.82, 2.24) is 4.98 Å². The molecule has 2 N–H and O–H groups in total. The number of hydrogen-bond acceptors (Lipinski definition) is 6. The number of ketones is 2. The van der Waals surface area contributed by atoms with Crippen molar-refractivity contribution < 1.29 is 37.1 Å². The summed E-state index contributed by atoms with van der Waals surface area (Å²) < 4.78 is 43.5. The molecule has 0 saturated carbocycles. The molecule has 2 heterocycles. The number of halogens is 3. The predicted octanol–water partition coefficient (Wildman–Crippen LogP) is 4.08. The van der Waals surface area contributed by atoms with Crippen LogP contribution < -0.4 is 5.32 Å². The number of carbonyl (C=O) groups excluding carboxylic acids is 4. The van der Waals surface area contributed by atoms with Crippen molar-refractivity contribution in [3.05, 3.63) is 46.3 Å². The summed E-state index contributed by atoms with van der Waals surface area (Å²) in [6.07, 6.45) is -4.91. The normalized spacial score (nSPS) is 15.7. The Morgan fingerprint density at radius 3 is 2.47 bits per heavy atom. The first-order valence-corrected chi connectivity index (χ1v) is 10.3. The highest BCUT2D eigenvalue weighted by Gasteiger charge is 2.34. The number of alkyl halides is 3. The van der Waals surface area contributed by atoms with Gasteiger partial charge in [0.05, 0.1) is 28.6 Å². The number of rotatable bonds is 6. The van der Waals surface area contributed by atoms with E-state index in [2.05, 4.69) is 10.3 Å². The number of carbonyl (C=O) groups is 4. The summed E-state index contributed by atoms with van der Waals surface area (Å²) in [5.74, 6) is -2.17. The lowest BCUT2D eigenvalue weighted by Crippen LogP contribution is -2.32. The van der Waals surface area contributed by atoms with Crippen LogP contribution in [0, 0.1) is 13.8 Å². The number of aromatic amines is 1. The Balaban J connectivity index is 1.61. The summed E-state index contributed by atoms with van der Waals surface area (Å²) in [4.78, 5) is 51.7. The number of hydrogen-bond donors (Lipinski definition) is 2. The number of nitrogens with one attached hydrogen (secondary N) is 2. The van der Waals surface area contributed by atoms with Crippen LogP contribution in [0.1, 0.15) is 51.0 Å². The number of thioether (sulfide) groups is 1. The fourth-order valence-corrected chi connectivity index (χ4v) is 4.52. The Kier molecular flexibility index (Phi) is 6.49. The van der Waals surface area contributed by atoms with Crippen LogP contribution in [-0.2, 0) is 20.5 Å². The number of benzene rings is 1. The molecule has 1 aromatic heterocycles. The fourth-order valence-electron chi connectivity index (χ4n) is 3.45. The van der Waals surface area contributed by atoms with Gasteiger partial charge in [-0.2, -0.15) is 13.2 Å². The molecule has 0 aliphatic carbocycles. The van der Waals surface area contributed by atoms with Crippen molar-refractivity contribution in [2.45, 2.75) is 43.5 Å². The molecule has 1 aliphatic heterocycles. The first-order valence-electron chi connectivity index (χ1n) is 9.46. The van der Waals surface area contributed by atoms with Crippen LogP contribution >= 0.6 is 11.8 Å². The smallest absolute Gasteiger partial charge is 0.416 e. The lowest BCUT2D eigenvalue weighted by molar-refractivity contribution is -0.143. The minimum absolute atomic E-state index is 0.0217. The van der Waals surface area contributed by atoms with Crippen molar-refractivity contribution in [1.29, 1.82) is 0 Å². The number of aromatic nitrogens is 1. The third kappa shape index (κ3) is 4.87. The van der Waals surface area contributed by atoms with Crippen molar-refractivity contribution >= 4 is 40.9 Å². The Bertz CT molecular complexity index is 1120. The lowest BCUT2D eigenvalue weighted by atomic mass is 10.1. The summed E-state index contributed by atoms with van der Waals surface area (Å²) in [6.45, 7) is 4.06. The van der Waals surface area contributed by atoms with Gasteiger partial charge in [0.15, 0.2) is 12.4 Å². The average Bonchev–Trinajstić information content (AvgIpc) is 2.99. The van der Waals surface area contributed by atoms with Crippen LogP contribution in [0.5, 0.6) is 0 Å².